The van der Waals surface area contributed by atoms with Crippen molar-refractivity contribution < 1.29 is 9.47 Å². The first-order valence-electron chi connectivity index (χ1n) is 5.14. The van der Waals surface area contributed by atoms with Crippen LogP contribution in [0.15, 0.2) is 36.5 Å². The number of nitrogens with two attached hydrogens (primary N) is 1. The summed E-state index contributed by atoms with van der Waals surface area (Å²) >= 11 is 4.84. The molecule has 92 valence electrons. The molecule has 0 bridgehead atoms. The van der Waals surface area contributed by atoms with Crippen molar-refractivity contribution in [3.05, 3.63) is 42.2 Å². The molecule has 0 radical (unpaired) electrons. The second-order valence-corrected chi connectivity index (χ2v) is 3.81. The Kier molecular flexibility index (Phi) is 3.69. The number of aromatic nitrogens is 2. The minimum Gasteiger partial charge on any atom is -0.497 e. The molecule has 0 aliphatic rings. The Morgan fingerprint density at radius 1 is 1.28 bits per heavy atom. The summed E-state index contributed by atoms with van der Waals surface area (Å²) in [6.45, 7) is 0. The summed E-state index contributed by atoms with van der Waals surface area (Å²) < 4.78 is 10.6. The average Bonchev–Trinajstić information content (AvgIpc) is 2.39. The van der Waals surface area contributed by atoms with Crippen molar-refractivity contribution in [3.63, 3.8) is 0 Å². The highest BCUT2D eigenvalue weighted by molar-refractivity contribution is 7.80. The van der Waals surface area contributed by atoms with Crippen LogP contribution in [-0.2, 0) is 0 Å². The first kappa shape index (κ1) is 12.3. The monoisotopic (exact) mass is 261 g/mol. The van der Waals surface area contributed by atoms with Crippen molar-refractivity contribution in [2.75, 3.05) is 7.11 Å². The van der Waals surface area contributed by atoms with Gasteiger partial charge in [-0.15, -0.1) is 0 Å². The van der Waals surface area contributed by atoms with Crippen molar-refractivity contribution in [3.8, 4) is 17.5 Å². The third-order valence-electron chi connectivity index (χ3n) is 2.14. The van der Waals surface area contributed by atoms with E-state index < -0.39 is 0 Å². The molecule has 1 aromatic heterocycles. The van der Waals surface area contributed by atoms with Gasteiger partial charge in [0.05, 0.1) is 7.11 Å². The van der Waals surface area contributed by atoms with Gasteiger partial charge in [0.15, 0.2) is 0 Å². The van der Waals surface area contributed by atoms with Gasteiger partial charge in [0, 0.05) is 12.3 Å². The van der Waals surface area contributed by atoms with Gasteiger partial charge in [-0.25, -0.2) is 4.98 Å². The first-order chi connectivity index (χ1) is 8.69. The Balaban J connectivity index is 2.22. The number of thiocarbonyl (C=S) groups is 1. The molecule has 0 spiro atoms. The third-order valence-corrected chi connectivity index (χ3v) is 2.35. The third kappa shape index (κ3) is 2.92. The molecule has 0 fully saturated rings. The normalized spacial score (nSPS) is 9.83. The smallest absolute Gasteiger partial charge is 0.322 e. The van der Waals surface area contributed by atoms with Crippen molar-refractivity contribution in [1.29, 1.82) is 0 Å². The van der Waals surface area contributed by atoms with Crippen LogP contribution in [0.3, 0.4) is 0 Å². The fourth-order valence-electron chi connectivity index (χ4n) is 1.30. The summed E-state index contributed by atoms with van der Waals surface area (Å²) in [5.41, 5.74) is 5.96. The maximum absolute atomic E-state index is 5.49. The summed E-state index contributed by atoms with van der Waals surface area (Å²) in [5, 5.41) is 0. The van der Waals surface area contributed by atoms with Crippen LogP contribution in [0.1, 0.15) is 5.69 Å². The van der Waals surface area contributed by atoms with Crippen LogP contribution in [0.2, 0.25) is 0 Å². The van der Waals surface area contributed by atoms with Crippen molar-refractivity contribution in [2.45, 2.75) is 0 Å². The van der Waals surface area contributed by atoms with Gasteiger partial charge in [-0.2, -0.15) is 4.98 Å². The van der Waals surface area contributed by atoms with E-state index in [1.807, 2.05) is 12.1 Å². The van der Waals surface area contributed by atoms with E-state index in [2.05, 4.69) is 9.97 Å². The predicted molar refractivity (Wildman–Crippen MR) is 71.0 cm³/mol. The number of rotatable bonds is 4. The molecule has 0 aliphatic carbocycles. The zero-order valence-corrected chi connectivity index (χ0v) is 10.5. The lowest BCUT2D eigenvalue weighted by Gasteiger charge is -2.06. The molecule has 2 rings (SSSR count). The average molecular weight is 261 g/mol. The second kappa shape index (κ2) is 5.42. The lowest BCUT2D eigenvalue weighted by atomic mass is 10.3. The van der Waals surface area contributed by atoms with Crippen molar-refractivity contribution >= 4 is 17.2 Å². The van der Waals surface area contributed by atoms with Gasteiger partial charge in [0.1, 0.15) is 22.2 Å². The Morgan fingerprint density at radius 2 is 2.06 bits per heavy atom. The van der Waals surface area contributed by atoms with E-state index in [0.717, 1.165) is 0 Å². The maximum atomic E-state index is 5.49. The standard InChI is InChI=1S/C12H11N3O2S/c1-16-8-3-2-4-9(7-8)17-12-14-6-5-10(15-12)11(13)18/h2-7H,1H3,(H2,13,18). The molecule has 0 unspecified atom stereocenters. The summed E-state index contributed by atoms with van der Waals surface area (Å²) in [6, 6.07) is 8.95. The summed E-state index contributed by atoms with van der Waals surface area (Å²) in [4.78, 5) is 8.27. The number of methoxy groups -OCH3 is 1. The molecule has 1 heterocycles. The Hall–Kier alpha value is -2.21. The fraction of sp³-hybridized carbons (Fsp3) is 0.0833. The van der Waals surface area contributed by atoms with Crippen LogP contribution in [-0.4, -0.2) is 22.1 Å². The minimum atomic E-state index is 0.188. The van der Waals surface area contributed by atoms with E-state index >= 15 is 0 Å². The quantitative estimate of drug-likeness (QED) is 0.848. The Labute approximate surface area is 110 Å². The Bertz CT molecular complexity index is 575. The van der Waals surface area contributed by atoms with E-state index in [1.165, 1.54) is 6.20 Å². The maximum Gasteiger partial charge on any atom is 0.322 e. The van der Waals surface area contributed by atoms with Gasteiger partial charge in [0.2, 0.25) is 0 Å². The van der Waals surface area contributed by atoms with Crippen LogP contribution in [0, 0.1) is 0 Å². The molecule has 6 heteroatoms. The van der Waals surface area contributed by atoms with E-state index in [9.17, 15) is 0 Å². The lowest BCUT2D eigenvalue weighted by molar-refractivity contribution is 0.404. The Morgan fingerprint density at radius 3 is 2.78 bits per heavy atom. The number of hydrogen-bond acceptors (Lipinski definition) is 5. The van der Waals surface area contributed by atoms with Gasteiger partial charge >= 0.3 is 6.01 Å². The largest absolute Gasteiger partial charge is 0.497 e. The van der Waals surface area contributed by atoms with Gasteiger partial charge in [-0.05, 0) is 18.2 Å². The fourth-order valence-corrected chi connectivity index (χ4v) is 1.41. The van der Waals surface area contributed by atoms with E-state index in [0.29, 0.717) is 17.2 Å². The molecule has 5 nitrogen and oxygen atoms in total. The zero-order valence-electron chi connectivity index (χ0n) is 9.66. The minimum absolute atomic E-state index is 0.188. The molecule has 0 saturated carbocycles. The molecular weight excluding hydrogens is 250 g/mol. The SMILES string of the molecule is COc1cccc(Oc2nccc(C(N)=S)n2)c1. The highest BCUT2D eigenvalue weighted by atomic mass is 32.1. The van der Waals surface area contributed by atoms with Crippen LogP contribution in [0.4, 0.5) is 0 Å². The van der Waals surface area contributed by atoms with E-state index in [-0.39, 0.29) is 11.0 Å². The molecule has 2 aromatic rings. The summed E-state index contributed by atoms with van der Waals surface area (Å²) in [6.07, 6.45) is 1.54. The number of nitrogens with zero attached hydrogens (tertiary/aromatic N) is 2. The number of hydrogen-bond donors (Lipinski definition) is 1. The van der Waals surface area contributed by atoms with Gasteiger partial charge < -0.3 is 15.2 Å². The van der Waals surface area contributed by atoms with Crippen molar-refractivity contribution in [1.82, 2.24) is 9.97 Å². The molecule has 0 saturated heterocycles. The van der Waals surface area contributed by atoms with Gasteiger partial charge in [-0.3, -0.25) is 0 Å². The van der Waals surface area contributed by atoms with Crippen LogP contribution >= 0.6 is 12.2 Å². The summed E-state index contributed by atoms with van der Waals surface area (Å²) in [5.74, 6) is 1.27. The molecular formula is C12H11N3O2S. The zero-order chi connectivity index (χ0) is 13.0. The van der Waals surface area contributed by atoms with Gasteiger partial charge in [0.25, 0.3) is 0 Å². The summed E-state index contributed by atoms with van der Waals surface area (Å²) in [7, 11) is 1.59. The highest BCUT2D eigenvalue weighted by Crippen LogP contribution is 2.22. The number of benzene rings is 1. The first-order valence-corrected chi connectivity index (χ1v) is 5.54. The van der Waals surface area contributed by atoms with E-state index in [1.54, 1.807) is 25.3 Å². The number of ether oxygens (including phenoxy) is 2. The van der Waals surface area contributed by atoms with Crippen molar-refractivity contribution in [2.24, 2.45) is 5.73 Å². The van der Waals surface area contributed by atoms with E-state index in [4.69, 9.17) is 27.4 Å². The molecule has 0 amide bonds. The molecule has 0 atom stereocenters. The second-order valence-electron chi connectivity index (χ2n) is 3.37. The molecule has 0 aliphatic heterocycles. The molecule has 2 N–H and O–H groups in total. The highest BCUT2D eigenvalue weighted by Gasteiger charge is 2.04. The topological polar surface area (TPSA) is 70.3 Å². The molecule has 1 aromatic carbocycles. The van der Waals surface area contributed by atoms with Crippen LogP contribution in [0.5, 0.6) is 17.5 Å². The van der Waals surface area contributed by atoms with Gasteiger partial charge in [-0.1, -0.05) is 18.3 Å². The molecule has 18 heavy (non-hydrogen) atoms. The van der Waals surface area contributed by atoms with Crippen LogP contribution in [0.25, 0.3) is 0 Å². The predicted octanol–water partition coefficient (Wildman–Crippen LogP) is 1.91. The van der Waals surface area contributed by atoms with Crippen LogP contribution < -0.4 is 15.2 Å². The lowest BCUT2D eigenvalue weighted by Crippen LogP contribution is -2.12.